The van der Waals surface area contributed by atoms with Gasteiger partial charge in [-0.2, -0.15) is 0 Å². The Morgan fingerprint density at radius 2 is 2.18 bits per heavy atom. The van der Waals surface area contributed by atoms with Crippen LogP contribution >= 0.6 is 0 Å². The lowest BCUT2D eigenvalue weighted by Gasteiger charge is -2.36. The van der Waals surface area contributed by atoms with Crippen molar-refractivity contribution in [2.24, 2.45) is 17.6 Å². The van der Waals surface area contributed by atoms with E-state index in [2.05, 4.69) is 0 Å². The molecule has 1 aliphatic heterocycles. The molecule has 3 atom stereocenters. The molecule has 1 saturated heterocycles. The van der Waals surface area contributed by atoms with Gasteiger partial charge in [-0.15, -0.1) is 0 Å². The summed E-state index contributed by atoms with van der Waals surface area (Å²) < 4.78 is 0. The summed E-state index contributed by atoms with van der Waals surface area (Å²) in [5, 5.41) is 9.15. The van der Waals surface area contributed by atoms with Gasteiger partial charge in [0.15, 0.2) is 0 Å². The monoisotopic (exact) mass is 242 g/mol. The lowest BCUT2D eigenvalue weighted by molar-refractivity contribution is -0.153. The van der Waals surface area contributed by atoms with E-state index >= 15 is 0 Å². The first-order valence-corrected chi connectivity index (χ1v) is 6.18. The summed E-state index contributed by atoms with van der Waals surface area (Å²) in [6, 6.07) is -0.656. The van der Waals surface area contributed by atoms with Crippen LogP contribution in [0.4, 0.5) is 0 Å². The third-order valence-corrected chi connectivity index (χ3v) is 3.40. The van der Waals surface area contributed by atoms with Crippen molar-refractivity contribution in [3.05, 3.63) is 0 Å². The number of carboxylic acid groups (broad SMARTS) is 1. The number of rotatable bonds is 4. The molecule has 1 rings (SSSR count). The quantitative estimate of drug-likeness (QED) is 0.759. The van der Waals surface area contributed by atoms with E-state index in [9.17, 15) is 9.59 Å². The highest BCUT2D eigenvalue weighted by Gasteiger charge is 2.34. The van der Waals surface area contributed by atoms with Gasteiger partial charge in [0, 0.05) is 13.0 Å². The van der Waals surface area contributed by atoms with Gasteiger partial charge in [0.05, 0.1) is 0 Å². The van der Waals surface area contributed by atoms with Crippen LogP contribution in [0.5, 0.6) is 0 Å². The zero-order valence-corrected chi connectivity index (χ0v) is 10.6. The maximum Gasteiger partial charge on any atom is 0.326 e. The molecule has 0 bridgehead atoms. The number of hydrogen-bond donors (Lipinski definition) is 2. The van der Waals surface area contributed by atoms with E-state index in [0.29, 0.717) is 31.8 Å². The number of aliphatic carboxylic acids is 1. The summed E-state index contributed by atoms with van der Waals surface area (Å²) in [5.74, 6) is -0.504. The maximum absolute atomic E-state index is 12.0. The average Bonchev–Trinajstić information content (AvgIpc) is 2.28. The molecule has 0 aromatic rings. The van der Waals surface area contributed by atoms with Gasteiger partial charge in [0.1, 0.15) is 6.04 Å². The Balaban J connectivity index is 2.66. The van der Waals surface area contributed by atoms with Gasteiger partial charge in [-0.25, -0.2) is 4.79 Å². The van der Waals surface area contributed by atoms with E-state index < -0.39 is 12.0 Å². The third-order valence-electron chi connectivity index (χ3n) is 3.40. The van der Waals surface area contributed by atoms with Gasteiger partial charge in [-0.3, -0.25) is 4.79 Å². The molecule has 1 aliphatic rings. The normalized spacial score (nSPS) is 26.6. The molecule has 0 spiro atoms. The number of hydrogen-bond acceptors (Lipinski definition) is 3. The molecule has 0 aliphatic carbocycles. The number of amides is 1. The highest BCUT2D eigenvalue weighted by atomic mass is 16.4. The fourth-order valence-electron chi connectivity index (χ4n) is 2.17. The molecule has 17 heavy (non-hydrogen) atoms. The van der Waals surface area contributed by atoms with E-state index in [4.69, 9.17) is 10.8 Å². The topological polar surface area (TPSA) is 83.6 Å². The minimum Gasteiger partial charge on any atom is -0.480 e. The van der Waals surface area contributed by atoms with Crippen molar-refractivity contribution in [3.63, 3.8) is 0 Å². The number of carbonyl (C=O) groups excluding carboxylic acids is 1. The summed E-state index contributed by atoms with van der Waals surface area (Å²) in [5.41, 5.74) is 5.48. The van der Waals surface area contributed by atoms with Crippen LogP contribution in [-0.4, -0.2) is 41.0 Å². The van der Waals surface area contributed by atoms with Crippen LogP contribution in [0.25, 0.3) is 0 Å². The second kappa shape index (κ2) is 6.00. The highest BCUT2D eigenvalue weighted by Crippen LogP contribution is 2.24. The van der Waals surface area contributed by atoms with Gasteiger partial charge >= 0.3 is 5.97 Å². The average molecular weight is 242 g/mol. The summed E-state index contributed by atoms with van der Waals surface area (Å²) >= 11 is 0. The molecular weight excluding hydrogens is 220 g/mol. The second-order valence-corrected chi connectivity index (χ2v) is 5.12. The molecule has 0 aromatic carbocycles. The molecule has 0 aromatic heterocycles. The zero-order valence-electron chi connectivity index (χ0n) is 10.6. The molecule has 1 heterocycles. The summed E-state index contributed by atoms with van der Waals surface area (Å²) in [6.45, 7) is 4.93. The molecule has 5 nitrogen and oxygen atoms in total. The number of nitrogens with zero attached hydrogens (tertiary/aromatic N) is 1. The molecule has 1 fully saturated rings. The number of likely N-dealkylation sites (tertiary alicyclic amines) is 1. The molecule has 5 heteroatoms. The highest BCUT2D eigenvalue weighted by molar-refractivity contribution is 5.84. The lowest BCUT2D eigenvalue weighted by Crippen LogP contribution is -2.50. The fraction of sp³-hybridized carbons (Fsp3) is 0.833. The zero-order chi connectivity index (χ0) is 13.0. The van der Waals surface area contributed by atoms with Crippen molar-refractivity contribution in [1.82, 2.24) is 4.90 Å². The maximum atomic E-state index is 12.0. The van der Waals surface area contributed by atoms with Crippen molar-refractivity contribution < 1.29 is 14.7 Å². The first-order chi connectivity index (χ1) is 7.95. The Labute approximate surface area is 102 Å². The van der Waals surface area contributed by atoms with Crippen LogP contribution in [0.2, 0.25) is 0 Å². The van der Waals surface area contributed by atoms with Crippen molar-refractivity contribution >= 4 is 11.9 Å². The molecule has 3 unspecified atom stereocenters. The van der Waals surface area contributed by atoms with Crippen molar-refractivity contribution in [1.29, 1.82) is 0 Å². The first-order valence-electron chi connectivity index (χ1n) is 6.18. The molecule has 0 radical (unpaired) electrons. The summed E-state index contributed by atoms with van der Waals surface area (Å²) in [7, 11) is 0. The summed E-state index contributed by atoms with van der Waals surface area (Å²) in [6.07, 6.45) is 1.78. The smallest absolute Gasteiger partial charge is 0.326 e. The molecular formula is C12H22N2O3. The minimum absolute atomic E-state index is 0.0812. The van der Waals surface area contributed by atoms with Crippen LogP contribution in [0.1, 0.15) is 33.1 Å². The number of carbonyl (C=O) groups is 2. The Bertz CT molecular complexity index is 293. The predicted molar refractivity (Wildman–Crippen MR) is 64.4 cm³/mol. The van der Waals surface area contributed by atoms with Crippen LogP contribution in [-0.2, 0) is 9.59 Å². The van der Waals surface area contributed by atoms with Crippen LogP contribution in [0.3, 0.4) is 0 Å². The first kappa shape index (κ1) is 14.0. The van der Waals surface area contributed by atoms with Gasteiger partial charge in [0.2, 0.25) is 5.91 Å². The van der Waals surface area contributed by atoms with Crippen LogP contribution < -0.4 is 5.73 Å². The third kappa shape index (κ3) is 3.70. The Morgan fingerprint density at radius 3 is 2.71 bits per heavy atom. The van der Waals surface area contributed by atoms with Gasteiger partial charge in [0.25, 0.3) is 0 Å². The van der Waals surface area contributed by atoms with Gasteiger partial charge in [-0.05, 0) is 31.2 Å². The standard InChI is InChI=1S/C12H22N2O3/c1-8-3-4-14(10(5-8)12(16)17)11(15)6-9(2)7-13/h8-10H,3-7,13H2,1-2H3,(H,16,17). The lowest BCUT2D eigenvalue weighted by atomic mass is 9.91. The number of piperidine rings is 1. The van der Waals surface area contributed by atoms with E-state index in [1.807, 2.05) is 13.8 Å². The largest absolute Gasteiger partial charge is 0.480 e. The van der Waals surface area contributed by atoms with E-state index in [0.717, 1.165) is 6.42 Å². The van der Waals surface area contributed by atoms with E-state index in [1.165, 1.54) is 4.90 Å². The minimum atomic E-state index is -0.898. The Hall–Kier alpha value is -1.10. The molecule has 1 amide bonds. The second-order valence-electron chi connectivity index (χ2n) is 5.12. The predicted octanol–water partition coefficient (Wildman–Crippen LogP) is 0.683. The number of carboxylic acids is 1. The van der Waals surface area contributed by atoms with Crippen molar-refractivity contribution in [2.75, 3.05) is 13.1 Å². The van der Waals surface area contributed by atoms with E-state index in [-0.39, 0.29) is 11.8 Å². The van der Waals surface area contributed by atoms with Crippen molar-refractivity contribution in [3.8, 4) is 0 Å². The van der Waals surface area contributed by atoms with Crippen LogP contribution in [0.15, 0.2) is 0 Å². The molecule has 3 N–H and O–H groups in total. The van der Waals surface area contributed by atoms with Crippen molar-refractivity contribution in [2.45, 2.75) is 39.2 Å². The Kier molecular flexibility index (Phi) is 4.93. The Morgan fingerprint density at radius 1 is 1.53 bits per heavy atom. The fourth-order valence-corrected chi connectivity index (χ4v) is 2.17. The molecule has 98 valence electrons. The van der Waals surface area contributed by atoms with Gasteiger partial charge < -0.3 is 15.7 Å². The van der Waals surface area contributed by atoms with Crippen LogP contribution in [0, 0.1) is 11.8 Å². The summed E-state index contributed by atoms with van der Waals surface area (Å²) in [4.78, 5) is 24.7. The van der Waals surface area contributed by atoms with Gasteiger partial charge in [-0.1, -0.05) is 13.8 Å². The van der Waals surface area contributed by atoms with E-state index in [1.54, 1.807) is 0 Å². The molecule has 0 saturated carbocycles. The SMILES string of the molecule is CC(CN)CC(=O)N1CCC(C)CC1C(=O)O. The number of nitrogens with two attached hydrogens (primary N) is 1.